The molecular formula is C8H9N3O. The van der Waals surface area contributed by atoms with Crippen LogP contribution in [0.15, 0.2) is 18.2 Å². The quantitative estimate of drug-likeness (QED) is 0.491. The predicted molar refractivity (Wildman–Crippen MR) is 48.0 cm³/mol. The molecule has 0 fully saturated rings. The Labute approximate surface area is 69.8 Å². The van der Waals surface area contributed by atoms with Crippen molar-refractivity contribution in [2.24, 2.45) is 0 Å². The third-order valence-electron chi connectivity index (χ3n) is 1.76. The van der Waals surface area contributed by atoms with Gasteiger partial charge in [-0.25, -0.2) is 0 Å². The van der Waals surface area contributed by atoms with Crippen LogP contribution in [0.25, 0.3) is 0 Å². The second-order valence-electron chi connectivity index (χ2n) is 2.71. The zero-order valence-corrected chi connectivity index (χ0v) is 6.42. The van der Waals surface area contributed by atoms with Crippen molar-refractivity contribution in [3.05, 3.63) is 18.2 Å². The van der Waals surface area contributed by atoms with Crippen molar-refractivity contribution in [2.45, 2.75) is 0 Å². The van der Waals surface area contributed by atoms with E-state index in [4.69, 9.17) is 5.73 Å². The Morgan fingerprint density at radius 2 is 2.17 bits per heavy atom. The first-order valence-electron chi connectivity index (χ1n) is 3.69. The predicted octanol–water partition coefficient (Wildman–Crippen LogP) is 0.633. The van der Waals surface area contributed by atoms with Crippen molar-refractivity contribution in [1.82, 2.24) is 0 Å². The number of hydrogen-bond acceptors (Lipinski definition) is 3. The van der Waals surface area contributed by atoms with E-state index in [-0.39, 0.29) is 5.91 Å². The van der Waals surface area contributed by atoms with Crippen molar-refractivity contribution >= 4 is 23.0 Å². The number of carbonyl (C=O) groups is 1. The van der Waals surface area contributed by atoms with Gasteiger partial charge in [-0.1, -0.05) is 0 Å². The molecule has 0 radical (unpaired) electrons. The Morgan fingerprint density at radius 1 is 1.33 bits per heavy atom. The van der Waals surface area contributed by atoms with Crippen molar-refractivity contribution < 1.29 is 4.79 Å². The second-order valence-corrected chi connectivity index (χ2v) is 2.71. The molecule has 1 aliphatic rings. The van der Waals surface area contributed by atoms with Crippen LogP contribution in [0.2, 0.25) is 0 Å². The molecule has 0 saturated carbocycles. The van der Waals surface area contributed by atoms with Crippen LogP contribution < -0.4 is 16.4 Å². The molecule has 4 N–H and O–H groups in total. The summed E-state index contributed by atoms with van der Waals surface area (Å²) in [6, 6.07) is 5.34. The van der Waals surface area contributed by atoms with Crippen molar-refractivity contribution in [3.8, 4) is 0 Å². The van der Waals surface area contributed by atoms with E-state index in [9.17, 15) is 4.79 Å². The zero-order valence-electron chi connectivity index (χ0n) is 6.42. The maximum atomic E-state index is 10.9. The van der Waals surface area contributed by atoms with Gasteiger partial charge in [0.25, 0.3) is 0 Å². The number of nitrogen functional groups attached to an aromatic ring is 1. The van der Waals surface area contributed by atoms with Crippen LogP contribution in [0.5, 0.6) is 0 Å². The highest BCUT2D eigenvalue weighted by atomic mass is 16.2. The summed E-state index contributed by atoms with van der Waals surface area (Å²) in [6.45, 7) is 0.316. The van der Waals surface area contributed by atoms with Gasteiger partial charge in [0.15, 0.2) is 0 Å². The fourth-order valence-corrected chi connectivity index (χ4v) is 1.19. The minimum Gasteiger partial charge on any atom is -0.399 e. The average Bonchev–Trinajstić information content (AvgIpc) is 2.05. The van der Waals surface area contributed by atoms with Crippen molar-refractivity contribution in [3.63, 3.8) is 0 Å². The monoisotopic (exact) mass is 163 g/mol. The van der Waals surface area contributed by atoms with Crippen LogP contribution in [-0.2, 0) is 4.79 Å². The first-order chi connectivity index (χ1) is 5.75. The Morgan fingerprint density at radius 3 is 3.00 bits per heavy atom. The highest BCUT2D eigenvalue weighted by Gasteiger charge is 2.12. The SMILES string of the molecule is Nc1ccc2c(c1)NCC(=O)N2. The van der Waals surface area contributed by atoms with Crippen molar-refractivity contribution in [1.29, 1.82) is 0 Å². The maximum absolute atomic E-state index is 10.9. The number of fused-ring (bicyclic) bond motifs is 1. The van der Waals surface area contributed by atoms with E-state index in [2.05, 4.69) is 10.6 Å². The maximum Gasteiger partial charge on any atom is 0.243 e. The lowest BCUT2D eigenvalue weighted by molar-refractivity contribution is -0.114. The molecule has 0 saturated heterocycles. The summed E-state index contributed by atoms with van der Waals surface area (Å²) in [7, 11) is 0. The van der Waals surface area contributed by atoms with E-state index >= 15 is 0 Å². The van der Waals surface area contributed by atoms with Gasteiger partial charge >= 0.3 is 0 Å². The highest BCUT2D eigenvalue weighted by Crippen LogP contribution is 2.26. The van der Waals surface area contributed by atoms with Crippen molar-refractivity contribution in [2.75, 3.05) is 22.9 Å². The molecule has 4 heteroatoms. The molecule has 1 aromatic carbocycles. The number of anilines is 3. The van der Waals surface area contributed by atoms with E-state index < -0.39 is 0 Å². The number of hydrogen-bond donors (Lipinski definition) is 3. The standard InChI is InChI=1S/C8H9N3O/c9-5-1-2-6-7(3-5)10-4-8(12)11-6/h1-3,10H,4,9H2,(H,11,12). The van der Waals surface area contributed by atoms with Crippen LogP contribution >= 0.6 is 0 Å². The number of amides is 1. The molecule has 2 rings (SSSR count). The summed E-state index contributed by atoms with van der Waals surface area (Å²) in [5.74, 6) is -0.0210. The Balaban J connectivity index is 2.43. The Hall–Kier alpha value is -1.71. The molecule has 1 aromatic rings. The third kappa shape index (κ3) is 1.07. The van der Waals surface area contributed by atoms with Crippen LogP contribution in [0, 0.1) is 0 Å². The van der Waals surface area contributed by atoms with E-state index in [0.29, 0.717) is 12.2 Å². The molecule has 0 spiro atoms. The van der Waals surface area contributed by atoms with Gasteiger partial charge in [-0.2, -0.15) is 0 Å². The molecule has 62 valence electrons. The minimum absolute atomic E-state index is 0.0210. The summed E-state index contributed by atoms with van der Waals surface area (Å²) >= 11 is 0. The number of carbonyl (C=O) groups excluding carboxylic acids is 1. The highest BCUT2D eigenvalue weighted by molar-refractivity contribution is 6.00. The fourth-order valence-electron chi connectivity index (χ4n) is 1.19. The van der Waals surface area contributed by atoms with Gasteiger partial charge in [-0.3, -0.25) is 4.79 Å². The van der Waals surface area contributed by atoms with E-state index in [1.807, 2.05) is 0 Å². The van der Waals surface area contributed by atoms with Crippen LogP contribution in [0.3, 0.4) is 0 Å². The molecule has 1 heterocycles. The molecule has 4 nitrogen and oxygen atoms in total. The van der Waals surface area contributed by atoms with E-state index in [1.165, 1.54) is 0 Å². The van der Waals surface area contributed by atoms with Gasteiger partial charge in [-0.15, -0.1) is 0 Å². The first-order valence-corrected chi connectivity index (χ1v) is 3.69. The summed E-state index contributed by atoms with van der Waals surface area (Å²) < 4.78 is 0. The summed E-state index contributed by atoms with van der Waals surface area (Å²) in [6.07, 6.45) is 0. The van der Waals surface area contributed by atoms with E-state index in [1.54, 1.807) is 18.2 Å². The Kier molecular flexibility index (Phi) is 1.40. The van der Waals surface area contributed by atoms with Gasteiger partial charge in [-0.05, 0) is 18.2 Å². The van der Waals surface area contributed by atoms with Crippen LogP contribution in [0.1, 0.15) is 0 Å². The summed E-state index contributed by atoms with van der Waals surface area (Å²) in [5, 5.41) is 5.69. The second kappa shape index (κ2) is 2.41. The van der Waals surface area contributed by atoms with Gasteiger partial charge in [0.1, 0.15) is 0 Å². The molecule has 0 aromatic heterocycles. The molecule has 0 unspecified atom stereocenters. The van der Waals surface area contributed by atoms with Crippen LogP contribution in [0.4, 0.5) is 17.1 Å². The lowest BCUT2D eigenvalue weighted by Crippen LogP contribution is -2.27. The van der Waals surface area contributed by atoms with Crippen LogP contribution in [-0.4, -0.2) is 12.5 Å². The number of benzene rings is 1. The molecule has 0 bridgehead atoms. The molecule has 0 atom stereocenters. The molecular weight excluding hydrogens is 154 g/mol. The molecule has 0 aliphatic carbocycles. The fraction of sp³-hybridized carbons (Fsp3) is 0.125. The average molecular weight is 163 g/mol. The first kappa shape index (κ1) is 6.97. The number of nitrogens with one attached hydrogen (secondary N) is 2. The normalized spacial score (nSPS) is 14.5. The Bertz CT molecular complexity index is 335. The largest absolute Gasteiger partial charge is 0.399 e. The lowest BCUT2D eigenvalue weighted by Gasteiger charge is -2.18. The summed E-state index contributed by atoms with van der Waals surface area (Å²) in [4.78, 5) is 10.9. The van der Waals surface area contributed by atoms with Gasteiger partial charge in [0.2, 0.25) is 5.91 Å². The van der Waals surface area contributed by atoms with Gasteiger partial charge in [0.05, 0.1) is 17.9 Å². The third-order valence-corrected chi connectivity index (χ3v) is 1.76. The zero-order chi connectivity index (χ0) is 8.55. The lowest BCUT2D eigenvalue weighted by atomic mass is 10.2. The smallest absolute Gasteiger partial charge is 0.243 e. The molecule has 1 aliphatic heterocycles. The number of nitrogens with two attached hydrogens (primary N) is 1. The van der Waals surface area contributed by atoms with Gasteiger partial charge in [0, 0.05) is 5.69 Å². The topological polar surface area (TPSA) is 67.1 Å². The summed E-state index contributed by atoms with van der Waals surface area (Å²) in [5.41, 5.74) is 7.93. The van der Waals surface area contributed by atoms with Gasteiger partial charge < -0.3 is 16.4 Å². The minimum atomic E-state index is -0.0210. The molecule has 12 heavy (non-hydrogen) atoms. The molecule has 1 amide bonds. The van der Waals surface area contributed by atoms with E-state index in [0.717, 1.165) is 11.4 Å². The number of rotatable bonds is 0.